The van der Waals surface area contributed by atoms with Gasteiger partial charge in [0.1, 0.15) is 0 Å². The first-order chi connectivity index (χ1) is 13.9. The minimum absolute atomic E-state index is 0.243. The topological polar surface area (TPSA) is 110 Å². The molecule has 8 nitrogen and oxygen atoms in total. The number of carboxylic acid groups (broad SMARTS) is 1. The standard InChI is InChI=1S/C17H18N4O2.C2HF3O2/c1-10-12(3)21(9-18-10)15-7-5-14(6-8-15)20-17(22)16-11(2)19-13(4)23-16;3-2(4,5)1(6)7/h5-9H,1-4H3,(H,20,22);(H,6,7). The summed E-state index contributed by atoms with van der Waals surface area (Å²) in [6.07, 6.45) is -3.29. The average molecular weight is 424 g/mol. The van der Waals surface area contributed by atoms with E-state index in [1.807, 2.05) is 42.7 Å². The van der Waals surface area contributed by atoms with Crippen LogP contribution in [0.25, 0.3) is 5.69 Å². The molecule has 0 saturated heterocycles. The number of benzene rings is 1. The zero-order valence-corrected chi connectivity index (χ0v) is 16.5. The minimum atomic E-state index is -5.08. The lowest BCUT2D eigenvalue weighted by Gasteiger charge is -2.08. The maximum absolute atomic E-state index is 12.2. The molecular formula is C19H19F3N4O4. The third-order valence-corrected chi connectivity index (χ3v) is 4.01. The molecule has 2 heterocycles. The van der Waals surface area contributed by atoms with Gasteiger partial charge in [-0.1, -0.05) is 0 Å². The van der Waals surface area contributed by atoms with E-state index in [-0.39, 0.29) is 11.7 Å². The minimum Gasteiger partial charge on any atom is -0.475 e. The lowest BCUT2D eigenvalue weighted by molar-refractivity contribution is -0.192. The van der Waals surface area contributed by atoms with Gasteiger partial charge in [0.15, 0.2) is 5.89 Å². The number of alkyl halides is 3. The summed E-state index contributed by atoms with van der Waals surface area (Å²) in [4.78, 5) is 29.5. The fraction of sp³-hybridized carbons (Fsp3) is 0.263. The van der Waals surface area contributed by atoms with Crippen molar-refractivity contribution in [2.75, 3.05) is 5.32 Å². The van der Waals surface area contributed by atoms with Crippen LogP contribution < -0.4 is 5.32 Å². The molecule has 0 saturated carbocycles. The maximum Gasteiger partial charge on any atom is 0.490 e. The van der Waals surface area contributed by atoms with Gasteiger partial charge >= 0.3 is 12.1 Å². The van der Waals surface area contributed by atoms with Crippen molar-refractivity contribution in [2.24, 2.45) is 0 Å². The van der Waals surface area contributed by atoms with Crippen LogP contribution in [0.1, 0.15) is 33.5 Å². The second-order valence-electron chi connectivity index (χ2n) is 6.24. The molecule has 0 aliphatic rings. The monoisotopic (exact) mass is 424 g/mol. The van der Waals surface area contributed by atoms with E-state index in [1.54, 1.807) is 20.2 Å². The first kappa shape index (κ1) is 22.7. The lowest BCUT2D eigenvalue weighted by Crippen LogP contribution is -2.21. The van der Waals surface area contributed by atoms with E-state index in [0.717, 1.165) is 17.1 Å². The van der Waals surface area contributed by atoms with E-state index in [4.69, 9.17) is 14.3 Å². The molecule has 0 spiro atoms. The number of halogens is 3. The van der Waals surface area contributed by atoms with Crippen molar-refractivity contribution in [3.05, 3.63) is 59.3 Å². The Bertz CT molecular complexity index is 1050. The number of nitrogens with one attached hydrogen (secondary N) is 1. The highest BCUT2D eigenvalue weighted by molar-refractivity contribution is 6.02. The second kappa shape index (κ2) is 8.80. The van der Waals surface area contributed by atoms with Crippen LogP contribution in [-0.4, -0.2) is 37.7 Å². The number of hydrogen-bond acceptors (Lipinski definition) is 5. The number of aromatic nitrogens is 3. The predicted octanol–water partition coefficient (Wildman–Crippen LogP) is 3.98. The highest BCUT2D eigenvalue weighted by atomic mass is 19.4. The van der Waals surface area contributed by atoms with Gasteiger partial charge in [-0.2, -0.15) is 13.2 Å². The number of hydrogen-bond donors (Lipinski definition) is 2. The summed E-state index contributed by atoms with van der Waals surface area (Å²) < 4.78 is 39.1. The molecule has 11 heteroatoms. The molecule has 3 aromatic rings. The van der Waals surface area contributed by atoms with Crippen LogP contribution in [0.5, 0.6) is 0 Å². The Balaban J connectivity index is 0.000000396. The van der Waals surface area contributed by atoms with E-state index in [1.165, 1.54) is 0 Å². The number of oxazole rings is 1. The van der Waals surface area contributed by atoms with Gasteiger partial charge in [-0.05, 0) is 45.0 Å². The van der Waals surface area contributed by atoms with E-state index in [9.17, 15) is 18.0 Å². The number of carbonyl (C=O) groups is 2. The van der Waals surface area contributed by atoms with Gasteiger partial charge in [0.2, 0.25) is 5.76 Å². The number of aryl methyl sites for hydroxylation is 3. The fourth-order valence-corrected chi connectivity index (χ4v) is 2.39. The molecule has 2 aromatic heterocycles. The Morgan fingerprint density at radius 1 is 1.07 bits per heavy atom. The summed E-state index contributed by atoms with van der Waals surface area (Å²) in [5, 5.41) is 9.94. The SMILES string of the molecule is Cc1nc(C)c(C(=O)Nc2ccc(-n3cnc(C)c3C)cc2)o1.O=C(O)C(F)(F)F. The first-order valence-corrected chi connectivity index (χ1v) is 8.56. The normalized spacial score (nSPS) is 10.9. The number of aliphatic carboxylic acids is 1. The van der Waals surface area contributed by atoms with Crippen LogP contribution in [0.3, 0.4) is 0 Å². The zero-order chi connectivity index (χ0) is 22.6. The quantitative estimate of drug-likeness (QED) is 0.658. The Labute approximate surface area is 169 Å². The Hall–Kier alpha value is -3.63. The van der Waals surface area contributed by atoms with Crippen LogP contribution in [0.15, 0.2) is 35.0 Å². The molecule has 1 amide bonds. The molecule has 1 aromatic carbocycles. The second-order valence-corrected chi connectivity index (χ2v) is 6.24. The van der Waals surface area contributed by atoms with E-state index >= 15 is 0 Å². The molecule has 0 bridgehead atoms. The van der Waals surface area contributed by atoms with Crippen molar-refractivity contribution >= 4 is 17.6 Å². The van der Waals surface area contributed by atoms with E-state index in [2.05, 4.69) is 15.3 Å². The van der Waals surface area contributed by atoms with Gasteiger partial charge in [-0.3, -0.25) is 4.79 Å². The Morgan fingerprint density at radius 3 is 2.03 bits per heavy atom. The number of nitrogens with zero attached hydrogens (tertiary/aromatic N) is 3. The molecule has 0 atom stereocenters. The van der Waals surface area contributed by atoms with Gasteiger partial charge in [0, 0.05) is 24.0 Å². The maximum atomic E-state index is 12.2. The molecule has 0 unspecified atom stereocenters. The van der Waals surface area contributed by atoms with Crippen LogP contribution in [0.2, 0.25) is 0 Å². The van der Waals surface area contributed by atoms with Crippen molar-refractivity contribution in [1.82, 2.24) is 14.5 Å². The lowest BCUT2D eigenvalue weighted by atomic mass is 10.2. The van der Waals surface area contributed by atoms with Crippen LogP contribution in [0.4, 0.5) is 18.9 Å². The number of amides is 1. The largest absolute Gasteiger partial charge is 0.490 e. The molecule has 0 radical (unpaired) electrons. The van der Waals surface area contributed by atoms with Gasteiger partial charge < -0.3 is 19.4 Å². The van der Waals surface area contributed by atoms with Crippen molar-refractivity contribution in [3.63, 3.8) is 0 Å². The smallest absolute Gasteiger partial charge is 0.475 e. The van der Waals surface area contributed by atoms with Crippen LogP contribution in [-0.2, 0) is 4.79 Å². The molecule has 3 rings (SSSR count). The fourth-order valence-electron chi connectivity index (χ4n) is 2.39. The van der Waals surface area contributed by atoms with Gasteiger partial charge in [-0.25, -0.2) is 14.8 Å². The Morgan fingerprint density at radius 2 is 1.63 bits per heavy atom. The first-order valence-electron chi connectivity index (χ1n) is 8.56. The van der Waals surface area contributed by atoms with Crippen molar-refractivity contribution in [2.45, 2.75) is 33.9 Å². The van der Waals surface area contributed by atoms with Crippen molar-refractivity contribution < 1.29 is 32.3 Å². The summed E-state index contributed by atoms with van der Waals surface area (Å²) in [7, 11) is 0. The van der Waals surface area contributed by atoms with E-state index in [0.29, 0.717) is 17.3 Å². The third-order valence-electron chi connectivity index (χ3n) is 4.01. The molecule has 0 aliphatic carbocycles. The third kappa shape index (κ3) is 5.46. The number of carbonyl (C=O) groups excluding carboxylic acids is 1. The number of imidazole rings is 1. The molecule has 0 aliphatic heterocycles. The van der Waals surface area contributed by atoms with Gasteiger partial charge in [-0.15, -0.1) is 0 Å². The number of carboxylic acids is 1. The number of anilines is 1. The highest BCUT2D eigenvalue weighted by Crippen LogP contribution is 2.18. The molecule has 30 heavy (non-hydrogen) atoms. The summed E-state index contributed by atoms with van der Waals surface area (Å²) in [6.45, 7) is 7.46. The molecule has 160 valence electrons. The summed E-state index contributed by atoms with van der Waals surface area (Å²) >= 11 is 0. The molecule has 2 N–H and O–H groups in total. The van der Waals surface area contributed by atoms with Gasteiger partial charge in [0.05, 0.1) is 17.7 Å². The predicted molar refractivity (Wildman–Crippen MR) is 101 cm³/mol. The highest BCUT2D eigenvalue weighted by Gasteiger charge is 2.38. The van der Waals surface area contributed by atoms with E-state index < -0.39 is 12.1 Å². The summed E-state index contributed by atoms with van der Waals surface area (Å²) in [5.74, 6) is -2.33. The van der Waals surface area contributed by atoms with Crippen LogP contribution >= 0.6 is 0 Å². The summed E-state index contributed by atoms with van der Waals surface area (Å²) in [6, 6.07) is 7.56. The zero-order valence-electron chi connectivity index (χ0n) is 16.5. The van der Waals surface area contributed by atoms with Gasteiger partial charge in [0.25, 0.3) is 5.91 Å². The number of rotatable bonds is 3. The Kier molecular flexibility index (Phi) is 6.65. The molecule has 0 fully saturated rings. The molecular weight excluding hydrogens is 405 g/mol. The van der Waals surface area contributed by atoms with Crippen molar-refractivity contribution in [3.8, 4) is 5.69 Å². The van der Waals surface area contributed by atoms with Crippen molar-refractivity contribution in [1.29, 1.82) is 0 Å². The average Bonchev–Trinajstić information content (AvgIpc) is 3.17. The summed E-state index contributed by atoms with van der Waals surface area (Å²) in [5.41, 5.74) is 4.36. The van der Waals surface area contributed by atoms with Crippen LogP contribution in [0, 0.1) is 27.7 Å².